The van der Waals surface area contributed by atoms with Gasteiger partial charge < -0.3 is 16.2 Å². The molecule has 5 heteroatoms. The van der Waals surface area contributed by atoms with E-state index in [4.69, 9.17) is 10.8 Å². The van der Waals surface area contributed by atoms with Gasteiger partial charge in [0.2, 0.25) is 5.91 Å². The maximum Gasteiger partial charge on any atom is 0.335 e. The van der Waals surface area contributed by atoms with E-state index >= 15 is 0 Å². The number of carbonyl (C=O) groups is 2. The number of aromatic carboxylic acids is 1. The van der Waals surface area contributed by atoms with Gasteiger partial charge in [-0.25, -0.2) is 4.79 Å². The van der Waals surface area contributed by atoms with Gasteiger partial charge in [-0.05, 0) is 30.5 Å². The first kappa shape index (κ1) is 14.5. The average Bonchev–Trinajstić information content (AvgIpc) is 2.83. The molecule has 1 fully saturated rings. The van der Waals surface area contributed by atoms with Crippen LogP contribution in [0.25, 0.3) is 0 Å². The molecule has 0 heterocycles. The highest BCUT2D eigenvalue weighted by Crippen LogP contribution is 2.29. The molecule has 0 radical (unpaired) electrons. The molecule has 0 unspecified atom stereocenters. The van der Waals surface area contributed by atoms with Gasteiger partial charge >= 0.3 is 5.97 Å². The van der Waals surface area contributed by atoms with E-state index in [1.165, 1.54) is 12.1 Å². The standard InChI is InChI=1S/C15H20N2O3/c16-15(7-1-2-8-15)9-13(18)17-10-11-3-5-12(6-4-11)14(19)20/h3-6H,1-2,7-10,16H2,(H,17,18)(H,19,20). The lowest BCUT2D eigenvalue weighted by Crippen LogP contribution is -2.41. The second kappa shape index (κ2) is 6.05. The van der Waals surface area contributed by atoms with Crippen molar-refractivity contribution < 1.29 is 14.7 Å². The first-order valence-electron chi connectivity index (χ1n) is 6.86. The molecule has 108 valence electrons. The minimum atomic E-state index is -0.952. The lowest BCUT2D eigenvalue weighted by Gasteiger charge is -2.22. The zero-order chi connectivity index (χ0) is 14.6. The number of rotatable bonds is 5. The number of carboxylic acid groups (broad SMARTS) is 1. The SMILES string of the molecule is NC1(CC(=O)NCc2ccc(C(=O)O)cc2)CCCC1. The number of carbonyl (C=O) groups excluding carboxylic acids is 1. The summed E-state index contributed by atoms with van der Waals surface area (Å²) in [4.78, 5) is 22.6. The van der Waals surface area contributed by atoms with E-state index in [0.29, 0.717) is 13.0 Å². The van der Waals surface area contributed by atoms with Crippen LogP contribution in [0.5, 0.6) is 0 Å². The van der Waals surface area contributed by atoms with E-state index < -0.39 is 5.97 Å². The molecule has 0 spiro atoms. The van der Waals surface area contributed by atoms with Gasteiger partial charge in [-0.2, -0.15) is 0 Å². The van der Waals surface area contributed by atoms with E-state index in [1.807, 2.05) is 0 Å². The monoisotopic (exact) mass is 276 g/mol. The van der Waals surface area contributed by atoms with Gasteiger partial charge in [0.1, 0.15) is 0 Å². The van der Waals surface area contributed by atoms with E-state index in [-0.39, 0.29) is 17.0 Å². The van der Waals surface area contributed by atoms with Gasteiger partial charge in [0.05, 0.1) is 5.56 Å². The van der Waals surface area contributed by atoms with Crippen molar-refractivity contribution in [1.82, 2.24) is 5.32 Å². The summed E-state index contributed by atoms with van der Waals surface area (Å²) in [5.74, 6) is -0.997. The molecule has 0 bridgehead atoms. The van der Waals surface area contributed by atoms with Crippen LogP contribution >= 0.6 is 0 Å². The molecule has 1 amide bonds. The van der Waals surface area contributed by atoms with Crippen molar-refractivity contribution in [2.24, 2.45) is 5.73 Å². The Kier molecular flexibility index (Phi) is 4.39. The van der Waals surface area contributed by atoms with Gasteiger partial charge in [-0.1, -0.05) is 25.0 Å². The van der Waals surface area contributed by atoms with Crippen molar-refractivity contribution in [2.75, 3.05) is 0 Å². The first-order valence-corrected chi connectivity index (χ1v) is 6.86. The molecule has 1 aliphatic rings. The van der Waals surface area contributed by atoms with Gasteiger partial charge in [0, 0.05) is 18.5 Å². The lowest BCUT2D eigenvalue weighted by atomic mass is 9.94. The molecule has 1 aromatic carbocycles. The molecule has 0 aromatic heterocycles. The summed E-state index contributed by atoms with van der Waals surface area (Å²) in [6.45, 7) is 0.398. The minimum absolute atomic E-state index is 0.0447. The summed E-state index contributed by atoms with van der Waals surface area (Å²) >= 11 is 0. The lowest BCUT2D eigenvalue weighted by molar-refractivity contribution is -0.122. The maximum absolute atomic E-state index is 11.9. The topological polar surface area (TPSA) is 92.4 Å². The summed E-state index contributed by atoms with van der Waals surface area (Å²) in [6.07, 6.45) is 4.38. The molecular formula is C15H20N2O3. The van der Waals surface area contributed by atoms with Crippen molar-refractivity contribution in [2.45, 2.75) is 44.2 Å². The van der Waals surface area contributed by atoms with Gasteiger partial charge in [0.15, 0.2) is 0 Å². The highest BCUT2D eigenvalue weighted by molar-refractivity contribution is 5.87. The van der Waals surface area contributed by atoms with Crippen LogP contribution in [0.15, 0.2) is 24.3 Å². The Labute approximate surface area is 118 Å². The Morgan fingerprint density at radius 3 is 2.35 bits per heavy atom. The molecule has 1 aromatic rings. The minimum Gasteiger partial charge on any atom is -0.478 e. The Morgan fingerprint density at radius 1 is 1.20 bits per heavy atom. The summed E-state index contributed by atoms with van der Waals surface area (Å²) in [6, 6.07) is 6.48. The summed E-state index contributed by atoms with van der Waals surface area (Å²) in [5, 5.41) is 11.6. The fraction of sp³-hybridized carbons (Fsp3) is 0.467. The van der Waals surface area contributed by atoms with Crippen molar-refractivity contribution >= 4 is 11.9 Å². The highest BCUT2D eigenvalue weighted by Gasteiger charge is 2.31. The van der Waals surface area contributed by atoms with Crippen molar-refractivity contribution in [3.05, 3.63) is 35.4 Å². The fourth-order valence-electron chi connectivity index (χ4n) is 2.60. The van der Waals surface area contributed by atoms with Crippen LogP contribution in [0, 0.1) is 0 Å². The molecule has 0 saturated heterocycles. The van der Waals surface area contributed by atoms with Crippen LogP contribution in [-0.4, -0.2) is 22.5 Å². The van der Waals surface area contributed by atoms with Crippen LogP contribution in [0.4, 0.5) is 0 Å². The van der Waals surface area contributed by atoms with Crippen molar-refractivity contribution in [3.8, 4) is 0 Å². The number of hydrogen-bond donors (Lipinski definition) is 3. The van der Waals surface area contributed by atoms with Gasteiger partial charge in [0.25, 0.3) is 0 Å². The molecule has 4 N–H and O–H groups in total. The number of nitrogens with two attached hydrogens (primary N) is 1. The molecule has 2 rings (SSSR count). The normalized spacial score (nSPS) is 16.9. The second-order valence-electron chi connectivity index (χ2n) is 5.53. The van der Waals surface area contributed by atoms with Crippen molar-refractivity contribution in [3.63, 3.8) is 0 Å². The smallest absolute Gasteiger partial charge is 0.335 e. The third kappa shape index (κ3) is 3.81. The third-order valence-corrected chi connectivity index (χ3v) is 3.80. The van der Waals surface area contributed by atoms with Crippen LogP contribution in [0.2, 0.25) is 0 Å². The van der Waals surface area contributed by atoms with E-state index in [9.17, 15) is 9.59 Å². The predicted octanol–water partition coefficient (Wildman–Crippen LogP) is 1.66. The third-order valence-electron chi connectivity index (χ3n) is 3.80. The maximum atomic E-state index is 11.9. The Hall–Kier alpha value is -1.88. The second-order valence-corrected chi connectivity index (χ2v) is 5.53. The Morgan fingerprint density at radius 2 is 1.80 bits per heavy atom. The van der Waals surface area contributed by atoms with Gasteiger partial charge in [-0.3, -0.25) is 4.79 Å². The van der Waals surface area contributed by atoms with Crippen LogP contribution in [-0.2, 0) is 11.3 Å². The van der Waals surface area contributed by atoms with Crippen LogP contribution in [0.3, 0.4) is 0 Å². The summed E-state index contributed by atoms with van der Waals surface area (Å²) in [7, 11) is 0. The Balaban J connectivity index is 1.82. The molecule has 0 aliphatic heterocycles. The molecular weight excluding hydrogens is 256 g/mol. The number of benzene rings is 1. The van der Waals surface area contributed by atoms with E-state index in [2.05, 4.69) is 5.32 Å². The summed E-state index contributed by atoms with van der Waals surface area (Å²) < 4.78 is 0. The highest BCUT2D eigenvalue weighted by atomic mass is 16.4. The molecule has 1 aliphatic carbocycles. The quantitative estimate of drug-likeness (QED) is 0.762. The number of amides is 1. The molecule has 20 heavy (non-hydrogen) atoms. The average molecular weight is 276 g/mol. The Bertz CT molecular complexity index is 490. The van der Waals surface area contributed by atoms with Crippen LogP contribution in [0.1, 0.15) is 48.0 Å². The molecule has 0 atom stereocenters. The van der Waals surface area contributed by atoms with Crippen LogP contribution < -0.4 is 11.1 Å². The van der Waals surface area contributed by atoms with Crippen molar-refractivity contribution in [1.29, 1.82) is 0 Å². The largest absolute Gasteiger partial charge is 0.478 e. The molecule has 1 saturated carbocycles. The predicted molar refractivity (Wildman–Crippen MR) is 75.3 cm³/mol. The number of nitrogens with one attached hydrogen (secondary N) is 1. The zero-order valence-corrected chi connectivity index (χ0v) is 11.4. The van der Waals surface area contributed by atoms with E-state index in [1.54, 1.807) is 12.1 Å². The fourth-order valence-corrected chi connectivity index (χ4v) is 2.60. The number of hydrogen-bond acceptors (Lipinski definition) is 3. The summed E-state index contributed by atoms with van der Waals surface area (Å²) in [5.41, 5.74) is 6.94. The first-order chi connectivity index (χ1) is 9.48. The number of carboxylic acids is 1. The van der Waals surface area contributed by atoms with E-state index in [0.717, 1.165) is 31.2 Å². The van der Waals surface area contributed by atoms with Gasteiger partial charge in [-0.15, -0.1) is 0 Å². The zero-order valence-electron chi connectivity index (χ0n) is 11.4. The molecule has 5 nitrogen and oxygen atoms in total.